The number of aryl methyl sites for hydroxylation is 3. The topological polar surface area (TPSA) is 99.2 Å². The Morgan fingerprint density at radius 1 is 0.972 bits per heavy atom. The van der Waals surface area contributed by atoms with Crippen molar-refractivity contribution in [1.29, 1.82) is 0 Å². The fourth-order valence-corrected chi connectivity index (χ4v) is 4.81. The van der Waals surface area contributed by atoms with Crippen molar-refractivity contribution in [3.63, 3.8) is 0 Å². The Kier molecular flexibility index (Phi) is 5.25. The molecule has 1 unspecified atom stereocenters. The molecule has 0 radical (unpaired) electrons. The second-order valence-electron chi connectivity index (χ2n) is 9.03. The van der Waals surface area contributed by atoms with E-state index >= 15 is 0 Å². The molecule has 0 aliphatic carbocycles. The first kappa shape index (κ1) is 22.0. The molecule has 6 rings (SSSR count). The highest BCUT2D eigenvalue weighted by Crippen LogP contribution is 2.43. The molecule has 1 N–H and O–H groups in total. The third kappa shape index (κ3) is 3.69. The maximum Gasteiger partial charge on any atom is 0.226 e. The number of carbonyl (C=O) groups is 1. The van der Waals surface area contributed by atoms with Crippen molar-refractivity contribution in [1.82, 2.24) is 29.6 Å². The Bertz CT molecular complexity index is 1620. The molecule has 1 atom stereocenters. The van der Waals surface area contributed by atoms with Gasteiger partial charge in [0.15, 0.2) is 17.3 Å². The number of hydrogen-bond acceptors (Lipinski definition) is 6. The summed E-state index contributed by atoms with van der Waals surface area (Å²) in [5.74, 6) is 2.35. The van der Waals surface area contributed by atoms with Gasteiger partial charge in [0.1, 0.15) is 18.2 Å². The summed E-state index contributed by atoms with van der Waals surface area (Å²) in [4.78, 5) is 12.9. The number of benzene rings is 2. The lowest BCUT2D eigenvalue weighted by molar-refractivity contribution is -0.116. The van der Waals surface area contributed by atoms with Gasteiger partial charge in [-0.25, -0.2) is 0 Å². The maximum absolute atomic E-state index is 12.9. The molecule has 0 fully saturated rings. The van der Waals surface area contributed by atoms with Gasteiger partial charge in [-0.2, -0.15) is 14.3 Å². The highest BCUT2D eigenvalue weighted by Gasteiger charge is 2.34. The normalized spacial score (nSPS) is 15.1. The number of rotatable bonds is 5. The first-order valence-electron chi connectivity index (χ1n) is 11.8. The predicted octanol–water partition coefficient (Wildman–Crippen LogP) is 4.29. The van der Waals surface area contributed by atoms with Gasteiger partial charge in [0.2, 0.25) is 5.91 Å². The highest BCUT2D eigenvalue weighted by molar-refractivity contribution is 5.95. The van der Waals surface area contributed by atoms with Crippen molar-refractivity contribution >= 4 is 17.4 Å². The number of nitrogens with zero attached hydrogens (tertiary/aromatic N) is 6. The van der Waals surface area contributed by atoms with Crippen molar-refractivity contribution in [2.45, 2.75) is 39.7 Å². The number of nitrogens with one attached hydrogen (secondary N) is 1. The van der Waals surface area contributed by atoms with E-state index in [-0.39, 0.29) is 11.8 Å². The largest absolute Gasteiger partial charge is 0.489 e. The monoisotopic (exact) mass is 479 g/mol. The van der Waals surface area contributed by atoms with Crippen LogP contribution < -0.4 is 10.1 Å². The third-order valence-electron chi connectivity index (χ3n) is 6.66. The van der Waals surface area contributed by atoms with Gasteiger partial charge in [-0.05, 0) is 50.1 Å². The van der Waals surface area contributed by atoms with E-state index in [9.17, 15) is 4.79 Å². The van der Waals surface area contributed by atoms with E-state index in [1.807, 2.05) is 62.4 Å². The lowest BCUT2D eigenvalue weighted by atomic mass is 9.85. The summed E-state index contributed by atoms with van der Waals surface area (Å²) in [6.07, 6.45) is 0.307. The van der Waals surface area contributed by atoms with Gasteiger partial charge in [-0.15, -0.1) is 15.3 Å². The van der Waals surface area contributed by atoms with Crippen LogP contribution in [0.2, 0.25) is 0 Å². The molecule has 2 aromatic carbocycles. The van der Waals surface area contributed by atoms with Gasteiger partial charge in [0, 0.05) is 23.5 Å². The van der Waals surface area contributed by atoms with E-state index in [4.69, 9.17) is 9.84 Å². The zero-order valence-corrected chi connectivity index (χ0v) is 20.3. The quantitative estimate of drug-likeness (QED) is 0.404. The van der Waals surface area contributed by atoms with Crippen LogP contribution in [0.3, 0.4) is 0 Å². The smallest absolute Gasteiger partial charge is 0.226 e. The van der Waals surface area contributed by atoms with Crippen LogP contribution in [0.25, 0.3) is 11.5 Å². The predicted molar refractivity (Wildman–Crippen MR) is 134 cm³/mol. The minimum Gasteiger partial charge on any atom is -0.489 e. The standard InChI is InChI=1S/C27H25N7O2/c1-16-8-4-5-9-19(16)15-36-22-11-7-6-10-20(22)21-14-25(35)28-27-26(21)17(2)31-34(27)24-13-12-23-30-29-18(3)33(23)32-24/h4-13,21H,14-15H2,1-3H3,(H,28,35). The first-order chi connectivity index (χ1) is 17.5. The summed E-state index contributed by atoms with van der Waals surface area (Å²) in [5.41, 5.74) is 5.71. The summed E-state index contributed by atoms with van der Waals surface area (Å²) in [6.45, 7) is 6.33. The van der Waals surface area contributed by atoms with E-state index in [2.05, 4.69) is 39.7 Å². The van der Waals surface area contributed by atoms with Crippen molar-refractivity contribution in [3.8, 4) is 11.6 Å². The number of amides is 1. The van der Waals surface area contributed by atoms with Crippen molar-refractivity contribution in [3.05, 3.63) is 94.4 Å². The summed E-state index contributed by atoms with van der Waals surface area (Å²) in [6, 6.07) is 19.8. The number of aromatic nitrogens is 6. The summed E-state index contributed by atoms with van der Waals surface area (Å²) >= 11 is 0. The molecular weight excluding hydrogens is 454 g/mol. The number of carbonyl (C=O) groups excluding carboxylic acids is 1. The van der Waals surface area contributed by atoms with Crippen LogP contribution in [0.5, 0.6) is 5.75 Å². The molecule has 0 saturated carbocycles. The van der Waals surface area contributed by atoms with Gasteiger partial charge >= 0.3 is 0 Å². The van der Waals surface area contributed by atoms with Gasteiger partial charge in [0.05, 0.1) is 5.69 Å². The number of ether oxygens (including phenoxy) is 1. The van der Waals surface area contributed by atoms with E-state index < -0.39 is 0 Å². The molecular formula is C27H25N7O2. The van der Waals surface area contributed by atoms with Crippen LogP contribution in [-0.4, -0.2) is 35.5 Å². The zero-order chi connectivity index (χ0) is 24.8. The van der Waals surface area contributed by atoms with Crippen LogP contribution >= 0.6 is 0 Å². The number of hydrogen-bond donors (Lipinski definition) is 1. The Balaban J connectivity index is 1.41. The van der Waals surface area contributed by atoms with E-state index in [1.54, 1.807) is 9.20 Å². The summed E-state index contributed by atoms with van der Waals surface area (Å²) in [5, 5.41) is 20.6. The Morgan fingerprint density at radius 3 is 2.64 bits per heavy atom. The average molecular weight is 480 g/mol. The fourth-order valence-electron chi connectivity index (χ4n) is 4.81. The Morgan fingerprint density at radius 2 is 1.78 bits per heavy atom. The summed E-state index contributed by atoms with van der Waals surface area (Å²) in [7, 11) is 0. The molecule has 3 aromatic heterocycles. The number of para-hydroxylation sites is 1. The molecule has 1 amide bonds. The molecule has 0 bridgehead atoms. The highest BCUT2D eigenvalue weighted by atomic mass is 16.5. The number of fused-ring (bicyclic) bond motifs is 2. The van der Waals surface area contributed by atoms with Crippen molar-refractivity contribution in [2.75, 3.05) is 5.32 Å². The molecule has 0 saturated heterocycles. The molecule has 4 heterocycles. The molecule has 9 nitrogen and oxygen atoms in total. The minimum atomic E-state index is -0.198. The second kappa shape index (κ2) is 8.60. The molecule has 36 heavy (non-hydrogen) atoms. The van der Waals surface area contributed by atoms with Gasteiger partial charge in [-0.1, -0.05) is 42.5 Å². The van der Waals surface area contributed by atoms with E-state index in [0.29, 0.717) is 36.1 Å². The molecule has 1 aliphatic heterocycles. The van der Waals surface area contributed by atoms with Gasteiger partial charge < -0.3 is 10.1 Å². The van der Waals surface area contributed by atoms with Crippen LogP contribution in [0.4, 0.5) is 5.82 Å². The third-order valence-corrected chi connectivity index (χ3v) is 6.66. The lowest BCUT2D eigenvalue weighted by Crippen LogP contribution is -2.25. The first-order valence-corrected chi connectivity index (χ1v) is 11.8. The molecule has 180 valence electrons. The van der Waals surface area contributed by atoms with Crippen molar-refractivity contribution < 1.29 is 9.53 Å². The Labute approximate surface area is 207 Å². The molecule has 9 heteroatoms. The Hall–Kier alpha value is -4.53. The van der Waals surface area contributed by atoms with Crippen LogP contribution in [0.1, 0.15) is 46.1 Å². The molecule has 1 aliphatic rings. The van der Waals surface area contributed by atoms with E-state index in [0.717, 1.165) is 28.1 Å². The van der Waals surface area contributed by atoms with E-state index in [1.165, 1.54) is 5.56 Å². The lowest BCUT2D eigenvalue weighted by Gasteiger charge is -2.26. The van der Waals surface area contributed by atoms with Crippen molar-refractivity contribution in [2.24, 2.45) is 0 Å². The van der Waals surface area contributed by atoms with Gasteiger partial charge in [0.25, 0.3) is 0 Å². The average Bonchev–Trinajstić information content (AvgIpc) is 3.42. The molecule has 5 aromatic rings. The second-order valence-corrected chi connectivity index (χ2v) is 9.03. The van der Waals surface area contributed by atoms with Crippen LogP contribution in [-0.2, 0) is 11.4 Å². The minimum absolute atomic E-state index is 0.0797. The SMILES string of the molecule is Cc1ccccc1COc1ccccc1C1CC(=O)Nc2c1c(C)nn2-c1ccc2nnc(C)n2n1. The number of anilines is 1. The maximum atomic E-state index is 12.9. The fraction of sp³-hybridized carbons (Fsp3) is 0.222. The summed E-state index contributed by atoms with van der Waals surface area (Å²) < 4.78 is 9.65. The molecule has 0 spiro atoms. The van der Waals surface area contributed by atoms with Crippen LogP contribution in [0.15, 0.2) is 60.7 Å². The zero-order valence-electron chi connectivity index (χ0n) is 20.3. The van der Waals surface area contributed by atoms with Crippen LogP contribution in [0, 0.1) is 20.8 Å². The van der Waals surface area contributed by atoms with Gasteiger partial charge in [-0.3, -0.25) is 4.79 Å².